The lowest BCUT2D eigenvalue weighted by Crippen LogP contribution is -2.41. The Balaban J connectivity index is 1.63. The van der Waals surface area contributed by atoms with E-state index in [-0.39, 0.29) is 5.56 Å². The molecular formula is C24H15ClN4O2. The standard InChI is InChI=1S/C24H15ClN4O2/c25-18-10-8-16(9-11-18)22-13-20(19-6-1-2-7-21(19)27-22)24(31)29-28-23(30)17-5-3-4-15(12-17)14-26/h1-13H,(H,28,30)(H,29,31). The molecule has 4 aromatic rings. The highest BCUT2D eigenvalue weighted by molar-refractivity contribution is 6.30. The zero-order valence-corrected chi connectivity index (χ0v) is 16.9. The maximum absolute atomic E-state index is 12.9. The van der Waals surface area contributed by atoms with Crippen LogP contribution in [0.3, 0.4) is 0 Å². The van der Waals surface area contributed by atoms with Gasteiger partial charge in [-0.1, -0.05) is 48.0 Å². The van der Waals surface area contributed by atoms with E-state index in [0.717, 1.165) is 5.56 Å². The molecule has 1 aromatic heterocycles. The first kappa shape index (κ1) is 20.1. The van der Waals surface area contributed by atoms with Gasteiger partial charge in [-0.2, -0.15) is 5.26 Å². The number of aromatic nitrogens is 1. The summed E-state index contributed by atoms with van der Waals surface area (Å²) in [6, 6.07) is 24.3. The van der Waals surface area contributed by atoms with Crippen LogP contribution in [0.1, 0.15) is 26.3 Å². The van der Waals surface area contributed by atoms with Gasteiger partial charge in [-0.25, -0.2) is 4.98 Å². The van der Waals surface area contributed by atoms with E-state index in [2.05, 4.69) is 15.8 Å². The predicted octanol–water partition coefficient (Wildman–Crippen LogP) is 4.50. The van der Waals surface area contributed by atoms with Crippen LogP contribution in [-0.2, 0) is 0 Å². The summed E-state index contributed by atoms with van der Waals surface area (Å²) in [5.41, 5.74) is 7.88. The third-order valence-corrected chi connectivity index (χ3v) is 4.90. The number of hydrazine groups is 1. The average molecular weight is 427 g/mol. The molecule has 6 nitrogen and oxygen atoms in total. The van der Waals surface area contributed by atoms with Crippen molar-refractivity contribution < 1.29 is 9.59 Å². The zero-order valence-electron chi connectivity index (χ0n) is 16.1. The number of para-hydroxylation sites is 1. The number of benzene rings is 3. The molecule has 0 radical (unpaired) electrons. The van der Waals surface area contributed by atoms with Crippen molar-refractivity contribution in [1.29, 1.82) is 5.26 Å². The summed E-state index contributed by atoms with van der Waals surface area (Å²) < 4.78 is 0. The zero-order chi connectivity index (χ0) is 21.8. The maximum Gasteiger partial charge on any atom is 0.270 e. The smallest absolute Gasteiger partial charge is 0.267 e. The van der Waals surface area contributed by atoms with Crippen LogP contribution in [0.25, 0.3) is 22.2 Å². The first-order valence-corrected chi connectivity index (χ1v) is 9.69. The number of nitriles is 1. The number of nitrogens with zero attached hydrogens (tertiary/aromatic N) is 2. The molecule has 7 heteroatoms. The topological polar surface area (TPSA) is 94.9 Å². The Kier molecular flexibility index (Phi) is 5.61. The molecule has 3 aromatic carbocycles. The van der Waals surface area contributed by atoms with Crippen molar-refractivity contribution in [2.24, 2.45) is 0 Å². The minimum absolute atomic E-state index is 0.265. The summed E-state index contributed by atoms with van der Waals surface area (Å²) in [5, 5.41) is 10.2. The normalized spacial score (nSPS) is 10.3. The molecule has 0 bridgehead atoms. The third kappa shape index (κ3) is 4.37. The molecule has 150 valence electrons. The SMILES string of the molecule is N#Cc1cccc(C(=O)NNC(=O)c2cc(-c3ccc(Cl)cc3)nc3ccccc23)c1. The number of carbonyl (C=O) groups is 2. The van der Waals surface area contributed by atoms with Gasteiger partial charge in [0.2, 0.25) is 0 Å². The van der Waals surface area contributed by atoms with E-state index >= 15 is 0 Å². The largest absolute Gasteiger partial charge is 0.270 e. The molecule has 0 unspecified atom stereocenters. The monoisotopic (exact) mass is 426 g/mol. The molecule has 31 heavy (non-hydrogen) atoms. The highest BCUT2D eigenvalue weighted by atomic mass is 35.5. The second-order valence-electron chi connectivity index (χ2n) is 6.68. The average Bonchev–Trinajstić information content (AvgIpc) is 2.82. The summed E-state index contributed by atoms with van der Waals surface area (Å²) in [6.07, 6.45) is 0. The number of fused-ring (bicyclic) bond motifs is 1. The minimum Gasteiger partial charge on any atom is -0.267 e. The Morgan fingerprint density at radius 3 is 2.39 bits per heavy atom. The number of hydrogen-bond acceptors (Lipinski definition) is 4. The van der Waals surface area contributed by atoms with E-state index in [0.29, 0.717) is 32.7 Å². The molecule has 0 saturated heterocycles. The molecule has 1 heterocycles. The van der Waals surface area contributed by atoms with Gasteiger partial charge in [0, 0.05) is 21.5 Å². The van der Waals surface area contributed by atoms with Crippen LogP contribution in [0, 0.1) is 11.3 Å². The van der Waals surface area contributed by atoms with Gasteiger partial charge < -0.3 is 0 Å². The van der Waals surface area contributed by atoms with E-state index < -0.39 is 11.8 Å². The fourth-order valence-corrected chi connectivity index (χ4v) is 3.24. The first-order chi connectivity index (χ1) is 15.0. The molecule has 0 aliphatic carbocycles. The Bertz CT molecular complexity index is 1340. The van der Waals surface area contributed by atoms with Crippen molar-refractivity contribution in [3.05, 3.63) is 101 Å². The number of nitrogens with one attached hydrogen (secondary N) is 2. The Labute approximate surface area is 183 Å². The van der Waals surface area contributed by atoms with Gasteiger partial charge >= 0.3 is 0 Å². The van der Waals surface area contributed by atoms with Crippen LogP contribution in [0.2, 0.25) is 5.02 Å². The van der Waals surface area contributed by atoms with Gasteiger partial charge in [-0.05, 0) is 42.5 Å². The van der Waals surface area contributed by atoms with E-state index in [1.807, 2.05) is 36.4 Å². The number of carbonyl (C=O) groups excluding carboxylic acids is 2. The minimum atomic E-state index is -0.526. The lowest BCUT2D eigenvalue weighted by atomic mass is 10.0. The van der Waals surface area contributed by atoms with Crippen LogP contribution in [0.5, 0.6) is 0 Å². The van der Waals surface area contributed by atoms with Gasteiger partial charge in [-0.15, -0.1) is 0 Å². The van der Waals surface area contributed by atoms with Gasteiger partial charge in [0.15, 0.2) is 0 Å². The predicted molar refractivity (Wildman–Crippen MR) is 118 cm³/mol. The number of halogens is 1. The molecule has 0 spiro atoms. The first-order valence-electron chi connectivity index (χ1n) is 9.32. The Morgan fingerprint density at radius 1 is 0.871 bits per heavy atom. The highest BCUT2D eigenvalue weighted by Crippen LogP contribution is 2.25. The fraction of sp³-hybridized carbons (Fsp3) is 0. The van der Waals surface area contributed by atoms with Crippen LogP contribution in [0.15, 0.2) is 78.9 Å². The van der Waals surface area contributed by atoms with Crippen LogP contribution in [-0.4, -0.2) is 16.8 Å². The van der Waals surface area contributed by atoms with Gasteiger partial charge in [0.1, 0.15) is 0 Å². The number of hydrogen-bond donors (Lipinski definition) is 2. The molecule has 0 atom stereocenters. The van der Waals surface area contributed by atoms with Crippen molar-refractivity contribution in [3.63, 3.8) is 0 Å². The van der Waals surface area contributed by atoms with Crippen molar-refractivity contribution in [1.82, 2.24) is 15.8 Å². The fourth-order valence-electron chi connectivity index (χ4n) is 3.11. The van der Waals surface area contributed by atoms with Crippen molar-refractivity contribution in [2.45, 2.75) is 0 Å². The molecule has 0 saturated carbocycles. The summed E-state index contributed by atoms with van der Waals surface area (Å²) in [6.45, 7) is 0. The third-order valence-electron chi connectivity index (χ3n) is 4.64. The number of rotatable bonds is 3. The lowest BCUT2D eigenvalue weighted by Gasteiger charge is -2.11. The van der Waals surface area contributed by atoms with E-state index in [4.69, 9.17) is 16.9 Å². The molecular weight excluding hydrogens is 412 g/mol. The van der Waals surface area contributed by atoms with Crippen LogP contribution >= 0.6 is 11.6 Å². The lowest BCUT2D eigenvalue weighted by molar-refractivity contribution is 0.0847. The number of amides is 2. The van der Waals surface area contributed by atoms with Gasteiger partial charge in [0.05, 0.1) is 28.4 Å². The highest BCUT2D eigenvalue weighted by Gasteiger charge is 2.15. The second kappa shape index (κ2) is 8.66. The molecule has 0 aliphatic rings. The van der Waals surface area contributed by atoms with Gasteiger partial charge in [-0.3, -0.25) is 20.4 Å². The van der Waals surface area contributed by atoms with E-state index in [1.165, 1.54) is 6.07 Å². The summed E-state index contributed by atoms with van der Waals surface area (Å²) in [4.78, 5) is 29.9. The quantitative estimate of drug-likeness (QED) is 0.471. The van der Waals surface area contributed by atoms with E-state index in [1.54, 1.807) is 42.5 Å². The molecule has 0 aliphatic heterocycles. The second-order valence-corrected chi connectivity index (χ2v) is 7.12. The Hall–Kier alpha value is -4.21. The number of pyridine rings is 1. The van der Waals surface area contributed by atoms with Crippen LogP contribution < -0.4 is 10.9 Å². The maximum atomic E-state index is 12.9. The summed E-state index contributed by atoms with van der Waals surface area (Å²) >= 11 is 5.97. The van der Waals surface area contributed by atoms with Gasteiger partial charge in [0.25, 0.3) is 11.8 Å². The van der Waals surface area contributed by atoms with Crippen molar-refractivity contribution in [3.8, 4) is 17.3 Å². The Morgan fingerprint density at radius 2 is 1.61 bits per heavy atom. The molecule has 4 rings (SSSR count). The summed E-state index contributed by atoms with van der Waals surface area (Å²) in [7, 11) is 0. The summed E-state index contributed by atoms with van der Waals surface area (Å²) in [5.74, 6) is -1.01. The van der Waals surface area contributed by atoms with Crippen molar-refractivity contribution in [2.75, 3.05) is 0 Å². The molecule has 2 amide bonds. The van der Waals surface area contributed by atoms with Crippen molar-refractivity contribution >= 4 is 34.3 Å². The molecule has 2 N–H and O–H groups in total. The van der Waals surface area contributed by atoms with Crippen LogP contribution in [0.4, 0.5) is 0 Å². The van der Waals surface area contributed by atoms with E-state index in [9.17, 15) is 9.59 Å². The molecule has 0 fully saturated rings.